The predicted molar refractivity (Wildman–Crippen MR) is 71.7 cm³/mol. The molecule has 0 aliphatic rings. The van der Waals surface area contributed by atoms with Crippen molar-refractivity contribution in [1.29, 1.82) is 0 Å². The maximum atomic E-state index is 13.9. The van der Waals surface area contributed by atoms with Gasteiger partial charge in [-0.25, -0.2) is 13.2 Å². The summed E-state index contributed by atoms with van der Waals surface area (Å²) < 4.78 is 46.1. The van der Waals surface area contributed by atoms with Gasteiger partial charge in [-0.2, -0.15) is 0 Å². The van der Waals surface area contributed by atoms with E-state index in [9.17, 15) is 13.2 Å². The molecular weight excluding hydrogens is 289 g/mol. The molecule has 0 bridgehead atoms. The second-order valence-corrected chi connectivity index (χ2v) is 4.81. The van der Waals surface area contributed by atoms with Gasteiger partial charge in [0.05, 0.1) is 12.5 Å². The van der Waals surface area contributed by atoms with E-state index in [2.05, 4.69) is 0 Å². The summed E-state index contributed by atoms with van der Waals surface area (Å²) >= 11 is 6.07. The maximum absolute atomic E-state index is 13.9. The van der Waals surface area contributed by atoms with Crippen LogP contribution in [0, 0.1) is 24.4 Å². The number of benzene rings is 2. The van der Waals surface area contributed by atoms with Crippen molar-refractivity contribution in [2.45, 2.75) is 12.3 Å². The lowest BCUT2D eigenvalue weighted by Crippen LogP contribution is -2.03. The normalized spacial score (nSPS) is 12.3. The lowest BCUT2D eigenvalue weighted by Gasteiger charge is -2.14. The third-order valence-electron chi connectivity index (χ3n) is 3.03. The van der Waals surface area contributed by atoms with Crippen LogP contribution in [0.3, 0.4) is 0 Å². The minimum absolute atomic E-state index is 0.0581. The van der Waals surface area contributed by atoms with Crippen LogP contribution in [-0.2, 0) is 0 Å². The molecule has 0 aromatic heterocycles. The summed E-state index contributed by atoms with van der Waals surface area (Å²) in [5.74, 6) is -2.07. The van der Waals surface area contributed by atoms with Gasteiger partial charge in [0.15, 0.2) is 0 Å². The summed E-state index contributed by atoms with van der Waals surface area (Å²) in [6.45, 7) is 1.59. The Balaban J connectivity index is 2.47. The van der Waals surface area contributed by atoms with Crippen molar-refractivity contribution < 1.29 is 17.9 Å². The van der Waals surface area contributed by atoms with E-state index in [1.54, 1.807) is 13.0 Å². The largest absolute Gasteiger partial charge is 0.497 e. The molecule has 1 nitrogen and oxygen atoms in total. The Morgan fingerprint density at radius 3 is 2.10 bits per heavy atom. The van der Waals surface area contributed by atoms with E-state index in [0.29, 0.717) is 5.56 Å². The van der Waals surface area contributed by atoms with Gasteiger partial charge in [-0.15, -0.1) is 11.6 Å². The minimum Gasteiger partial charge on any atom is -0.497 e. The average molecular weight is 301 g/mol. The minimum atomic E-state index is -1.11. The smallest absolute Gasteiger partial charge is 0.134 e. The molecule has 5 heteroatoms. The Bertz CT molecular complexity index is 620. The van der Waals surface area contributed by atoms with Crippen LogP contribution in [0.4, 0.5) is 13.2 Å². The van der Waals surface area contributed by atoms with Crippen molar-refractivity contribution in [3.8, 4) is 5.75 Å². The van der Waals surface area contributed by atoms with Gasteiger partial charge in [0.1, 0.15) is 23.2 Å². The van der Waals surface area contributed by atoms with Gasteiger partial charge in [0.2, 0.25) is 0 Å². The van der Waals surface area contributed by atoms with Gasteiger partial charge in [0, 0.05) is 17.7 Å². The third kappa shape index (κ3) is 2.75. The highest BCUT2D eigenvalue weighted by atomic mass is 35.5. The SMILES string of the molecule is COc1cc(F)c(C(Cl)c2ccc(C)c(F)c2)c(F)c1. The number of hydrogen-bond acceptors (Lipinski definition) is 1. The van der Waals surface area contributed by atoms with E-state index in [4.69, 9.17) is 16.3 Å². The Morgan fingerprint density at radius 1 is 1.00 bits per heavy atom. The molecule has 0 spiro atoms. The van der Waals surface area contributed by atoms with E-state index < -0.39 is 22.8 Å². The molecule has 0 aliphatic heterocycles. The molecule has 0 saturated carbocycles. The molecule has 2 rings (SSSR count). The molecule has 0 fully saturated rings. The molecule has 0 radical (unpaired) electrons. The van der Waals surface area contributed by atoms with E-state index in [0.717, 1.165) is 12.1 Å². The fourth-order valence-corrected chi connectivity index (χ4v) is 2.20. The number of aryl methyl sites for hydroxylation is 1. The van der Waals surface area contributed by atoms with Gasteiger partial charge in [-0.3, -0.25) is 0 Å². The Morgan fingerprint density at radius 2 is 1.60 bits per heavy atom. The van der Waals surface area contributed by atoms with Gasteiger partial charge >= 0.3 is 0 Å². The molecule has 2 aromatic carbocycles. The van der Waals surface area contributed by atoms with Gasteiger partial charge in [-0.1, -0.05) is 12.1 Å². The third-order valence-corrected chi connectivity index (χ3v) is 3.50. The molecule has 0 heterocycles. The fourth-order valence-electron chi connectivity index (χ4n) is 1.85. The highest BCUT2D eigenvalue weighted by Gasteiger charge is 2.22. The maximum Gasteiger partial charge on any atom is 0.134 e. The molecule has 106 valence electrons. The van der Waals surface area contributed by atoms with Crippen LogP contribution in [0.5, 0.6) is 5.75 Å². The zero-order chi connectivity index (χ0) is 14.9. The molecule has 1 atom stereocenters. The van der Waals surface area contributed by atoms with Crippen LogP contribution in [0.15, 0.2) is 30.3 Å². The summed E-state index contributed by atoms with van der Waals surface area (Å²) in [6, 6.07) is 6.31. The summed E-state index contributed by atoms with van der Waals surface area (Å²) in [6.07, 6.45) is 0. The van der Waals surface area contributed by atoms with Crippen LogP contribution in [-0.4, -0.2) is 7.11 Å². The fraction of sp³-hybridized carbons (Fsp3) is 0.200. The van der Waals surface area contributed by atoms with Crippen LogP contribution < -0.4 is 4.74 Å². The molecular formula is C15H12ClF3O. The number of methoxy groups -OCH3 is 1. The standard InChI is InChI=1S/C15H12ClF3O/c1-8-3-4-9(5-11(8)17)15(16)14-12(18)6-10(20-2)7-13(14)19/h3-7,15H,1-2H3. The van der Waals surface area contributed by atoms with E-state index >= 15 is 0 Å². The summed E-state index contributed by atoms with van der Waals surface area (Å²) in [7, 11) is 1.31. The van der Waals surface area contributed by atoms with Gasteiger partial charge in [-0.05, 0) is 24.1 Å². The average Bonchev–Trinajstić information content (AvgIpc) is 2.40. The molecule has 0 N–H and O–H groups in total. The molecule has 0 saturated heterocycles. The van der Waals surface area contributed by atoms with E-state index in [1.807, 2.05) is 0 Å². The topological polar surface area (TPSA) is 9.23 Å². The number of hydrogen-bond donors (Lipinski definition) is 0. The monoisotopic (exact) mass is 300 g/mol. The Kier molecular flexibility index (Phi) is 4.23. The van der Waals surface area contributed by atoms with Crippen molar-refractivity contribution in [2.24, 2.45) is 0 Å². The van der Waals surface area contributed by atoms with Gasteiger partial charge in [0.25, 0.3) is 0 Å². The summed E-state index contributed by atoms with van der Waals surface area (Å²) in [5.41, 5.74) is 0.404. The van der Waals surface area contributed by atoms with Crippen molar-refractivity contribution in [3.05, 3.63) is 64.5 Å². The number of ether oxygens (including phenoxy) is 1. The quantitative estimate of drug-likeness (QED) is 0.743. The molecule has 20 heavy (non-hydrogen) atoms. The first-order chi connectivity index (χ1) is 9.43. The highest BCUT2D eigenvalue weighted by molar-refractivity contribution is 6.22. The predicted octanol–water partition coefficient (Wildman–Crippen LogP) is 4.75. The van der Waals surface area contributed by atoms with Crippen LogP contribution in [0.25, 0.3) is 0 Å². The number of rotatable bonds is 3. The molecule has 0 aliphatic carbocycles. The second-order valence-electron chi connectivity index (χ2n) is 4.38. The van der Waals surface area contributed by atoms with Crippen LogP contribution in [0.1, 0.15) is 22.1 Å². The van der Waals surface area contributed by atoms with Crippen LogP contribution in [0.2, 0.25) is 0 Å². The van der Waals surface area contributed by atoms with Crippen molar-refractivity contribution >= 4 is 11.6 Å². The van der Waals surface area contributed by atoms with Gasteiger partial charge < -0.3 is 4.74 Å². The first-order valence-electron chi connectivity index (χ1n) is 5.87. The highest BCUT2D eigenvalue weighted by Crippen LogP contribution is 2.35. The first kappa shape index (κ1) is 14.7. The summed E-state index contributed by atoms with van der Waals surface area (Å²) in [4.78, 5) is 0. The number of halogens is 4. The van der Waals surface area contributed by atoms with E-state index in [-0.39, 0.29) is 16.9 Å². The molecule has 1 unspecified atom stereocenters. The lowest BCUT2D eigenvalue weighted by molar-refractivity contribution is 0.405. The van der Waals surface area contributed by atoms with Crippen LogP contribution >= 0.6 is 11.6 Å². The Hall–Kier alpha value is -1.68. The zero-order valence-corrected chi connectivity index (χ0v) is 11.6. The number of alkyl halides is 1. The van der Waals surface area contributed by atoms with Crippen molar-refractivity contribution in [1.82, 2.24) is 0 Å². The van der Waals surface area contributed by atoms with Crippen molar-refractivity contribution in [3.63, 3.8) is 0 Å². The Labute approximate surface area is 119 Å². The molecule has 0 amide bonds. The zero-order valence-electron chi connectivity index (χ0n) is 10.9. The summed E-state index contributed by atoms with van der Waals surface area (Å²) in [5, 5.41) is -1.11. The molecule has 2 aromatic rings. The van der Waals surface area contributed by atoms with E-state index in [1.165, 1.54) is 19.2 Å². The lowest BCUT2D eigenvalue weighted by atomic mass is 10.0. The second kappa shape index (κ2) is 5.75. The first-order valence-corrected chi connectivity index (χ1v) is 6.30. The van der Waals surface area contributed by atoms with Crippen molar-refractivity contribution in [2.75, 3.05) is 7.11 Å².